The molecule has 0 saturated carbocycles. The minimum absolute atomic E-state index is 0.504. The molecule has 0 bridgehead atoms. The van der Waals surface area contributed by atoms with Crippen LogP contribution in [0.25, 0.3) is 0 Å². The predicted molar refractivity (Wildman–Crippen MR) is 65.6 cm³/mol. The maximum atomic E-state index is 9.83. The number of ether oxygens (including phenoxy) is 1. The number of hydrogen-bond donors (Lipinski definition) is 2. The van der Waals surface area contributed by atoms with Crippen molar-refractivity contribution in [1.29, 1.82) is 0 Å². The molecule has 1 heterocycles. The highest BCUT2D eigenvalue weighted by atomic mass is 127. The minimum Gasteiger partial charge on any atom is -0.392 e. The third-order valence-corrected chi connectivity index (χ3v) is 4.79. The maximum Gasteiger partial charge on any atom is 0.179 e. The Balaban J connectivity index is 0.000000791. The van der Waals surface area contributed by atoms with E-state index in [0.29, 0.717) is 19.4 Å². The van der Waals surface area contributed by atoms with Crippen LogP contribution in [-0.4, -0.2) is 32.1 Å². The quantitative estimate of drug-likeness (QED) is 0.606. The van der Waals surface area contributed by atoms with Crippen molar-refractivity contribution in [2.24, 2.45) is 0 Å². The van der Waals surface area contributed by atoms with E-state index >= 15 is 0 Å². The summed E-state index contributed by atoms with van der Waals surface area (Å²) in [5.41, 5.74) is 0. The summed E-state index contributed by atoms with van der Waals surface area (Å²) in [7, 11) is 0. The molecule has 1 rings (SSSR count). The Bertz CT molecular complexity index is 173. The molecule has 14 heavy (non-hydrogen) atoms. The zero-order valence-electron chi connectivity index (χ0n) is 9.38. The normalized spacial score (nSPS) is 38.8. The van der Waals surface area contributed by atoms with Crippen LogP contribution < -0.4 is 0 Å². The summed E-state index contributed by atoms with van der Waals surface area (Å²) in [6.07, 6.45) is 0.841. The molecule has 0 spiro atoms. The van der Waals surface area contributed by atoms with E-state index in [1.807, 2.05) is 20.8 Å². The number of aliphatic hydroxyl groups excluding tert-OH is 1. The molecule has 0 aromatic heterocycles. The Morgan fingerprint density at radius 2 is 2.00 bits per heavy atom. The molecule has 0 aromatic rings. The van der Waals surface area contributed by atoms with Gasteiger partial charge in [0.25, 0.3) is 0 Å². The topological polar surface area (TPSA) is 49.7 Å². The van der Waals surface area contributed by atoms with E-state index in [1.165, 1.54) is 0 Å². The standard InChI is InChI=1S/C8H15IO3.C2H6/c1-3-6(10)8(9)4-5-12-7(8,2)11;1-2/h6,10-11H,3-5H2,1-2H3;1-2H3. The highest BCUT2D eigenvalue weighted by molar-refractivity contribution is 14.1. The van der Waals surface area contributed by atoms with Crippen LogP contribution in [0.5, 0.6) is 0 Å². The smallest absolute Gasteiger partial charge is 0.179 e. The van der Waals surface area contributed by atoms with Crippen molar-refractivity contribution in [2.75, 3.05) is 6.61 Å². The lowest BCUT2D eigenvalue weighted by atomic mass is 9.91. The molecule has 1 aliphatic heterocycles. The van der Waals surface area contributed by atoms with E-state index in [-0.39, 0.29) is 0 Å². The van der Waals surface area contributed by atoms with Crippen molar-refractivity contribution in [3.05, 3.63) is 0 Å². The van der Waals surface area contributed by atoms with Crippen molar-refractivity contribution in [3.8, 4) is 0 Å². The molecular formula is C10H21IO3. The fraction of sp³-hybridized carbons (Fsp3) is 1.00. The summed E-state index contributed by atoms with van der Waals surface area (Å²) in [6, 6.07) is 0. The molecular weight excluding hydrogens is 295 g/mol. The van der Waals surface area contributed by atoms with E-state index in [4.69, 9.17) is 4.74 Å². The van der Waals surface area contributed by atoms with Gasteiger partial charge in [-0.2, -0.15) is 0 Å². The summed E-state index contributed by atoms with van der Waals surface area (Å²) >= 11 is 2.11. The maximum absolute atomic E-state index is 9.83. The Hall–Kier alpha value is 0.610. The molecule has 4 heteroatoms. The van der Waals surface area contributed by atoms with Crippen LogP contribution in [0.2, 0.25) is 0 Å². The van der Waals surface area contributed by atoms with Crippen LogP contribution in [0, 0.1) is 0 Å². The molecule has 1 saturated heterocycles. The SMILES string of the molecule is CC.CCC(O)C1(I)CCOC1(C)O. The molecule has 1 aliphatic rings. The molecule has 3 atom stereocenters. The fourth-order valence-corrected chi connectivity index (χ4v) is 2.37. The number of alkyl halides is 1. The first-order valence-electron chi connectivity index (χ1n) is 5.17. The Labute approximate surface area is 100.0 Å². The van der Waals surface area contributed by atoms with Gasteiger partial charge < -0.3 is 14.9 Å². The van der Waals surface area contributed by atoms with Crippen molar-refractivity contribution in [3.63, 3.8) is 0 Å². The van der Waals surface area contributed by atoms with Gasteiger partial charge in [0.2, 0.25) is 0 Å². The highest BCUT2D eigenvalue weighted by Gasteiger charge is 2.54. The second-order valence-electron chi connectivity index (χ2n) is 3.37. The second kappa shape index (κ2) is 5.63. The monoisotopic (exact) mass is 316 g/mol. The minimum atomic E-state index is -1.19. The highest BCUT2D eigenvalue weighted by Crippen LogP contribution is 2.45. The number of aliphatic hydroxyl groups is 2. The van der Waals surface area contributed by atoms with E-state index in [0.717, 1.165) is 0 Å². The van der Waals surface area contributed by atoms with Crippen LogP contribution in [0.3, 0.4) is 0 Å². The van der Waals surface area contributed by atoms with Crippen LogP contribution in [0.15, 0.2) is 0 Å². The van der Waals surface area contributed by atoms with Gasteiger partial charge in [-0.05, 0) is 19.8 Å². The molecule has 0 aromatic carbocycles. The van der Waals surface area contributed by atoms with E-state index in [1.54, 1.807) is 6.92 Å². The summed E-state index contributed by atoms with van der Waals surface area (Å²) in [5, 5.41) is 19.5. The van der Waals surface area contributed by atoms with Crippen molar-refractivity contribution >= 4 is 22.6 Å². The van der Waals surface area contributed by atoms with Gasteiger partial charge in [0.15, 0.2) is 5.79 Å². The molecule has 3 nitrogen and oxygen atoms in total. The third-order valence-electron chi connectivity index (χ3n) is 2.54. The largest absolute Gasteiger partial charge is 0.392 e. The first-order valence-corrected chi connectivity index (χ1v) is 6.25. The fourth-order valence-electron chi connectivity index (χ4n) is 1.55. The Morgan fingerprint density at radius 1 is 1.50 bits per heavy atom. The van der Waals surface area contributed by atoms with E-state index in [2.05, 4.69) is 22.6 Å². The average Bonchev–Trinajstić information content (AvgIpc) is 2.44. The van der Waals surface area contributed by atoms with Crippen LogP contribution >= 0.6 is 22.6 Å². The van der Waals surface area contributed by atoms with Gasteiger partial charge in [-0.15, -0.1) is 0 Å². The second-order valence-corrected chi connectivity index (χ2v) is 5.29. The zero-order chi connectivity index (χ0) is 11.4. The van der Waals surface area contributed by atoms with Gasteiger partial charge in [0, 0.05) is 0 Å². The summed E-state index contributed by atoms with van der Waals surface area (Å²) in [4.78, 5) is 0. The van der Waals surface area contributed by atoms with Gasteiger partial charge in [-0.3, -0.25) is 0 Å². The molecule has 0 radical (unpaired) electrons. The van der Waals surface area contributed by atoms with Gasteiger partial charge in [0.05, 0.1) is 12.7 Å². The van der Waals surface area contributed by atoms with Crippen molar-refractivity contribution in [2.45, 2.75) is 55.8 Å². The van der Waals surface area contributed by atoms with Crippen molar-refractivity contribution in [1.82, 2.24) is 0 Å². The molecule has 3 unspecified atom stereocenters. The number of halogens is 1. The lowest BCUT2D eigenvalue weighted by Gasteiger charge is -2.36. The lowest BCUT2D eigenvalue weighted by Crippen LogP contribution is -2.51. The van der Waals surface area contributed by atoms with E-state index in [9.17, 15) is 10.2 Å². The van der Waals surface area contributed by atoms with Gasteiger partial charge >= 0.3 is 0 Å². The third kappa shape index (κ3) is 2.59. The summed E-state index contributed by atoms with van der Waals surface area (Å²) in [5.74, 6) is -1.19. The lowest BCUT2D eigenvalue weighted by molar-refractivity contribution is -0.180. The molecule has 86 valence electrons. The van der Waals surface area contributed by atoms with Crippen LogP contribution in [-0.2, 0) is 4.74 Å². The summed E-state index contributed by atoms with van der Waals surface area (Å²) in [6.45, 7) is 8.04. The van der Waals surface area contributed by atoms with Crippen LogP contribution in [0.4, 0.5) is 0 Å². The number of hydrogen-bond acceptors (Lipinski definition) is 3. The average molecular weight is 316 g/mol. The Morgan fingerprint density at radius 3 is 2.29 bits per heavy atom. The molecule has 0 amide bonds. The van der Waals surface area contributed by atoms with E-state index < -0.39 is 15.3 Å². The predicted octanol–water partition coefficient (Wildman–Crippen LogP) is 2.09. The molecule has 0 aliphatic carbocycles. The molecule has 1 fully saturated rings. The summed E-state index contributed by atoms with van der Waals surface area (Å²) < 4.78 is 4.62. The van der Waals surface area contributed by atoms with Crippen molar-refractivity contribution < 1.29 is 14.9 Å². The zero-order valence-corrected chi connectivity index (χ0v) is 11.5. The number of rotatable bonds is 2. The van der Waals surface area contributed by atoms with Gasteiger partial charge in [0.1, 0.15) is 3.42 Å². The molecule has 2 N–H and O–H groups in total. The van der Waals surface area contributed by atoms with Crippen LogP contribution in [0.1, 0.15) is 40.5 Å². The first-order chi connectivity index (χ1) is 6.44. The van der Waals surface area contributed by atoms with Gasteiger partial charge in [-0.1, -0.05) is 43.4 Å². The first kappa shape index (κ1) is 14.6. The Kier molecular flexibility index (Phi) is 5.87. The van der Waals surface area contributed by atoms with Gasteiger partial charge in [-0.25, -0.2) is 0 Å².